The number of fused-ring (bicyclic) bond motifs is 6. The standard InChI is InChI=1S/C42H26N2O/c1-3-11-27(12-4-1)31-21-22-35-39(24-31)45-40-25-36(33-17-9-10-18-34(33)41(35)40)38-26-37(43-42(44-38)29-14-5-2-6-15-29)32-20-19-28-13-7-8-16-30(28)23-32/h1-26H. The van der Waals surface area contributed by atoms with Gasteiger partial charge in [0.05, 0.1) is 11.4 Å². The largest absolute Gasteiger partial charge is 0.456 e. The fraction of sp³-hybridized carbons (Fsp3) is 0. The summed E-state index contributed by atoms with van der Waals surface area (Å²) in [5.41, 5.74) is 8.80. The number of aromatic nitrogens is 2. The topological polar surface area (TPSA) is 38.9 Å². The molecule has 0 unspecified atom stereocenters. The third-order valence-electron chi connectivity index (χ3n) is 8.67. The molecule has 7 aromatic carbocycles. The molecule has 0 radical (unpaired) electrons. The molecule has 0 N–H and O–H groups in total. The Morgan fingerprint density at radius 1 is 0.378 bits per heavy atom. The third-order valence-corrected chi connectivity index (χ3v) is 8.67. The van der Waals surface area contributed by atoms with Gasteiger partial charge in [-0.1, -0.05) is 127 Å². The van der Waals surface area contributed by atoms with Crippen LogP contribution in [-0.2, 0) is 0 Å². The van der Waals surface area contributed by atoms with Crippen molar-refractivity contribution >= 4 is 43.5 Å². The zero-order valence-corrected chi connectivity index (χ0v) is 24.3. The molecule has 9 rings (SSSR count). The highest BCUT2D eigenvalue weighted by Gasteiger charge is 2.18. The van der Waals surface area contributed by atoms with Crippen molar-refractivity contribution in [1.82, 2.24) is 9.97 Å². The molecule has 3 heteroatoms. The molecule has 0 aliphatic rings. The predicted octanol–water partition coefficient (Wildman–Crippen LogP) is 11.4. The fourth-order valence-corrected chi connectivity index (χ4v) is 6.46. The molecule has 0 fully saturated rings. The first-order valence-electron chi connectivity index (χ1n) is 15.2. The molecule has 45 heavy (non-hydrogen) atoms. The summed E-state index contributed by atoms with van der Waals surface area (Å²) >= 11 is 0. The second kappa shape index (κ2) is 10.3. The van der Waals surface area contributed by atoms with Crippen molar-refractivity contribution in [1.29, 1.82) is 0 Å². The van der Waals surface area contributed by atoms with E-state index in [1.165, 1.54) is 16.3 Å². The van der Waals surface area contributed by atoms with E-state index in [1.54, 1.807) is 0 Å². The van der Waals surface area contributed by atoms with Crippen LogP contribution in [-0.4, -0.2) is 9.97 Å². The van der Waals surface area contributed by atoms with Gasteiger partial charge in [0.1, 0.15) is 11.2 Å². The maximum absolute atomic E-state index is 6.62. The first-order chi connectivity index (χ1) is 22.3. The monoisotopic (exact) mass is 574 g/mol. The molecular formula is C42H26N2O. The van der Waals surface area contributed by atoms with E-state index in [2.05, 4.69) is 133 Å². The molecular weight excluding hydrogens is 548 g/mol. The van der Waals surface area contributed by atoms with Crippen LogP contribution < -0.4 is 0 Å². The van der Waals surface area contributed by atoms with Gasteiger partial charge in [-0.3, -0.25) is 0 Å². The van der Waals surface area contributed by atoms with Gasteiger partial charge in [0.25, 0.3) is 0 Å². The van der Waals surface area contributed by atoms with Crippen molar-refractivity contribution in [2.45, 2.75) is 0 Å². The van der Waals surface area contributed by atoms with Gasteiger partial charge in [-0.25, -0.2) is 9.97 Å². The van der Waals surface area contributed by atoms with Crippen molar-refractivity contribution in [2.24, 2.45) is 0 Å². The minimum Gasteiger partial charge on any atom is -0.456 e. The van der Waals surface area contributed by atoms with Crippen LogP contribution in [0.3, 0.4) is 0 Å². The first-order valence-corrected chi connectivity index (χ1v) is 15.2. The Hall–Kier alpha value is -6.06. The Morgan fingerprint density at radius 2 is 1.04 bits per heavy atom. The van der Waals surface area contributed by atoms with E-state index >= 15 is 0 Å². The molecule has 0 amide bonds. The maximum Gasteiger partial charge on any atom is 0.160 e. The van der Waals surface area contributed by atoms with E-state index in [-0.39, 0.29) is 0 Å². The average molecular weight is 575 g/mol. The van der Waals surface area contributed by atoms with Gasteiger partial charge in [0.2, 0.25) is 0 Å². The SMILES string of the molecule is c1ccc(-c2ccc3c(c2)oc2cc(-c4cc(-c5ccc6ccccc6c5)nc(-c5ccccc5)n4)c4ccccc4c23)cc1. The van der Waals surface area contributed by atoms with Gasteiger partial charge in [0, 0.05) is 27.5 Å². The normalized spacial score (nSPS) is 11.6. The second-order valence-corrected chi connectivity index (χ2v) is 11.4. The van der Waals surface area contributed by atoms with Gasteiger partial charge in [-0.05, 0) is 63.0 Å². The van der Waals surface area contributed by atoms with Crippen molar-refractivity contribution in [3.8, 4) is 45.0 Å². The Bertz CT molecular complexity index is 2530. The van der Waals surface area contributed by atoms with E-state index in [1.807, 2.05) is 24.3 Å². The lowest BCUT2D eigenvalue weighted by Crippen LogP contribution is -1.96. The number of hydrogen-bond donors (Lipinski definition) is 0. The Balaban J connectivity index is 1.29. The fourth-order valence-electron chi connectivity index (χ4n) is 6.46. The third kappa shape index (κ3) is 4.37. The Morgan fingerprint density at radius 3 is 1.87 bits per heavy atom. The van der Waals surface area contributed by atoms with Crippen molar-refractivity contribution in [3.05, 3.63) is 158 Å². The van der Waals surface area contributed by atoms with E-state index < -0.39 is 0 Å². The van der Waals surface area contributed by atoms with Gasteiger partial charge < -0.3 is 4.42 Å². The highest BCUT2D eigenvalue weighted by molar-refractivity contribution is 6.22. The van der Waals surface area contributed by atoms with Crippen LogP contribution in [0, 0.1) is 0 Å². The van der Waals surface area contributed by atoms with Crippen molar-refractivity contribution in [3.63, 3.8) is 0 Å². The average Bonchev–Trinajstić information content (AvgIpc) is 3.50. The molecule has 2 aromatic heterocycles. The quantitative estimate of drug-likeness (QED) is 0.210. The summed E-state index contributed by atoms with van der Waals surface area (Å²) in [5.74, 6) is 0.692. The number of furan rings is 1. The molecule has 2 heterocycles. The molecule has 0 atom stereocenters. The summed E-state index contributed by atoms with van der Waals surface area (Å²) in [7, 11) is 0. The van der Waals surface area contributed by atoms with Crippen molar-refractivity contribution in [2.75, 3.05) is 0 Å². The number of benzene rings is 7. The summed E-state index contributed by atoms with van der Waals surface area (Å²) in [5, 5.41) is 6.88. The summed E-state index contributed by atoms with van der Waals surface area (Å²) < 4.78 is 6.62. The molecule has 0 saturated carbocycles. The lowest BCUT2D eigenvalue weighted by Gasteiger charge is -2.12. The Kier molecular flexibility index (Phi) is 5.82. The highest BCUT2D eigenvalue weighted by Crippen LogP contribution is 2.41. The van der Waals surface area contributed by atoms with Gasteiger partial charge in [-0.15, -0.1) is 0 Å². The molecule has 210 valence electrons. The zero-order valence-electron chi connectivity index (χ0n) is 24.3. The summed E-state index contributed by atoms with van der Waals surface area (Å²) in [6.07, 6.45) is 0. The molecule has 9 aromatic rings. The van der Waals surface area contributed by atoms with Crippen LogP contribution in [0.1, 0.15) is 0 Å². The minimum atomic E-state index is 0.692. The highest BCUT2D eigenvalue weighted by atomic mass is 16.3. The van der Waals surface area contributed by atoms with E-state index in [0.717, 1.165) is 66.4 Å². The minimum absolute atomic E-state index is 0.692. The maximum atomic E-state index is 6.62. The van der Waals surface area contributed by atoms with Crippen LogP contribution in [0.25, 0.3) is 88.5 Å². The van der Waals surface area contributed by atoms with Gasteiger partial charge >= 0.3 is 0 Å². The van der Waals surface area contributed by atoms with Crippen LogP contribution in [0.4, 0.5) is 0 Å². The summed E-state index contributed by atoms with van der Waals surface area (Å²) in [6.45, 7) is 0. The van der Waals surface area contributed by atoms with Gasteiger partial charge in [0.15, 0.2) is 5.82 Å². The van der Waals surface area contributed by atoms with E-state index in [9.17, 15) is 0 Å². The number of hydrogen-bond acceptors (Lipinski definition) is 3. The van der Waals surface area contributed by atoms with Crippen molar-refractivity contribution < 1.29 is 4.42 Å². The van der Waals surface area contributed by atoms with E-state index in [4.69, 9.17) is 14.4 Å². The lowest BCUT2D eigenvalue weighted by molar-refractivity contribution is 0.669. The summed E-state index contributed by atoms with van der Waals surface area (Å²) in [6, 6.07) is 54.9. The molecule has 3 nitrogen and oxygen atoms in total. The zero-order chi connectivity index (χ0) is 29.7. The number of rotatable bonds is 4. The van der Waals surface area contributed by atoms with Crippen LogP contribution in [0.5, 0.6) is 0 Å². The lowest BCUT2D eigenvalue weighted by atomic mass is 9.96. The van der Waals surface area contributed by atoms with Gasteiger partial charge in [-0.2, -0.15) is 0 Å². The molecule has 0 spiro atoms. The molecule has 0 saturated heterocycles. The molecule has 0 bridgehead atoms. The summed E-state index contributed by atoms with van der Waals surface area (Å²) in [4.78, 5) is 10.3. The van der Waals surface area contributed by atoms with Crippen LogP contribution in [0.15, 0.2) is 162 Å². The van der Waals surface area contributed by atoms with Crippen LogP contribution >= 0.6 is 0 Å². The van der Waals surface area contributed by atoms with E-state index in [0.29, 0.717) is 5.82 Å². The first kappa shape index (κ1) is 25.4. The molecule has 0 aliphatic carbocycles. The Labute approximate surface area is 260 Å². The second-order valence-electron chi connectivity index (χ2n) is 11.4. The number of nitrogens with zero attached hydrogens (tertiary/aromatic N) is 2. The predicted molar refractivity (Wildman–Crippen MR) is 186 cm³/mol. The molecule has 0 aliphatic heterocycles. The smallest absolute Gasteiger partial charge is 0.160 e. The van der Waals surface area contributed by atoms with Crippen LogP contribution in [0.2, 0.25) is 0 Å².